The Morgan fingerprint density at radius 1 is 0.553 bits per heavy atom. The van der Waals surface area contributed by atoms with E-state index in [1.54, 1.807) is 0 Å². The highest BCUT2D eigenvalue weighted by molar-refractivity contribution is 6.65. The summed E-state index contributed by atoms with van der Waals surface area (Å²) < 4.78 is 15.8. The zero-order valence-corrected chi connectivity index (χ0v) is 30.5. The molecule has 0 spiro atoms. The van der Waals surface area contributed by atoms with Gasteiger partial charge < -0.3 is 18.7 Å². The quantitative estimate of drug-likeness (QED) is 0.185. The molecule has 0 bridgehead atoms. The predicted molar refractivity (Wildman–Crippen MR) is 202 cm³/mol. The average molecular weight is 625 g/mol. The number of hydrogen-bond donors (Lipinski definition) is 1. The minimum absolute atomic E-state index is 0.0236. The van der Waals surface area contributed by atoms with E-state index in [1.807, 2.05) is 0 Å². The summed E-state index contributed by atoms with van der Waals surface area (Å²) in [5, 5.41) is 7.73. The summed E-state index contributed by atoms with van der Waals surface area (Å²) >= 11 is 0. The van der Waals surface area contributed by atoms with Gasteiger partial charge in [-0.25, -0.2) is 0 Å². The summed E-state index contributed by atoms with van der Waals surface area (Å²) in [6.07, 6.45) is 0. The third-order valence-electron chi connectivity index (χ3n) is 11.4. The number of hydrogen-bond acceptors (Lipinski definition) is 2. The largest absolute Gasteiger partial charge is 0.497 e. The molecule has 4 heterocycles. The maximum absolute atomic E-state index is 6.66. The molecule has 1 saturated heterocycles. The minimum Gasteiger partial charge on any atom is -0.399 e. The monoisotopic (exact) mass is 624 g/mol. The SMILES string of the molecule is CC(C)(C)c1cc(B2OC(C)(C)C(C)(C)O2)c2[nH]c3cc4c5cc(C(C)(C)C)cc6c7cc(C(C)(C)C)ccc7n(c4cc3c2c1)c65. The van der Waals surface area contributed by atoms with Crippen molar-refractivity contribution in [3.05, 3.63) is 71.3 Å². The molecule has 1 N–H and O–H groups in total. The summed E-state index contributed by atoms with van der Waals surface area (Å²) in [6, 6.07) is 21.5. The Morgan fingerprint density at radius 2 is 1.06 bits per heavy atom. The molecule has 0 amide bonds. The third kappa shape index (κ3) is 4.35. The summed E-state index contributed by atoms with van der Waals surface area (Å²) in [5.74, 6) is 0. The molecule has 0 unspecified atom stereocenters. The van der Waals surface area contributed by atoms with Crippen LogP contribution >= 0.6 is 0 Å². The van der Waals surface area contributed by atoms with Crippen LogP contribution < -0.4 is 5.46 Å². The average Bonchev–Trinajstić information content (AvgIpc) is 3.64. The molecule has 0 radical (unpaired) electrons. The van der Waals surface area contributed by atoms with Crippen molar-refractivity contribution in [3.63, 3.8) is 0 Å². The number of rotatable bonds is 1. The van der Waals surface area contributed by atoms with Gasteiger partial charge in [-0.2, -0.15) is 0 Å². The number of H-pyrrole nitrogens is 1. The van der Waals surface area contributed by atoms with E-state index in [4.69, 9.17) is 9.31 Å². The normalized spacial score (nSPS) is 17.6. The fourth-order valence-corrected chi connectivity index (χ4v) is 7.56. The maximum Gasteiger partial charge on any atom is 0.497 e. The van der Waals surface area contributed by atoms with E-state index in [1.165, 1.54) is 65.6 Å². The number of aromatic amines is 1. The summed E-state index contributed by atoms with van der Waals surface area (Å²) in [6.45, 7) is 29.2. The van der Waals surface area contributed by atoms with Gasteiger partial charge in [0.2, 0.25) is 0 Å². The molecule has 0 saturated carbocycles. The molecule has 242 valence electrons. The second-order valence-electron chi connectivity index (χ2n) is 18.4. The van der Waals surface area contributed by atoms with Crippen LogP contribution in [0.4, 0.5) is 0 Å². The fourth-order valence-electron chi connectivity index (χ4n) is 7.56. The molecule has 3 aromatic heterocycles. The lowest BCUT2D eigenvalue weighted by Gasteiger charge is -2.32. The zero-order valence-electron chi connectivity index (χ0n) is 30.5. The first-order valence-corrected chi connectivity index (χ1v) is 17.3. The Hall–Kier alpha value is -3.54. The molecule has 1 aliphatic rings. The lowest BCUT2D eigenvalue weighted by molar-refractivity contribution is 0.00578. The lowest BCUT2D eigenvalue weighted by atomic mass is 9.74. The lowest BCUT2D eigenvalue weighted by Crippen LogP contribution is -2.41. The molecular weight excluding hydrogens is 575 g/mol. The topological polar surface area (TPSA) is 38.7 Å². The van der Waals surface area contributed by atoms with Gasteiger partial charge in [0.05, 0.1) is 27.8 Å². The van der Waals surface area contributed by atoms with Crippen molar-refractivity contribution in [2.24, 2.45) is 0 Å². The van der Waals surface area contributed by atoms with Gasteiger partial charge in [0.1, 0.15) is 0 Å². The Balaban J connectivity index is 1.49. The molecule has 7 aromatic rings. The Labute approximate surface area is 279 Å². The molecule has 0 aliphatic carbocycles. The molecular formula is C42H49BN2O2. The van der Waals surface area contributed by atoms with E-state index in [-0.39, 0.29) is 16.2 Å². The Morgan fingerprint density at radius 3 is 1.64 bits per heavy atom. The van der Waals surface area contributed by atoms with Gasteiger partial charge in [-0.15, -0.1) is 0 Å². The van der Waals surface area contributed by atoms with E-state index in [9.17, 15) is 0 Å². The van der Waals surface area contributed by atoms with Crippen LogP contribution in [0.25, 0.3) is 59.9 Å². The second-order valence-corrected chi connectivity index (χ2v) is 18.4. The van der Waals surface area contributed by atoms with E-state index in [0.717, 1.165) is 16.5 Å². The summed E-state index contributed by atoms with van der Waals surface area (Å²) in [4.78, 5) is 3.87. The predicted octanol–water partition coefficient (Wildman–Crippen LogP) is 10.7. The van der Waals surface area contributed by atoms with Crippen LogP contribution in [-0.4, -0.2) is 27.7 Å². The molecule has 4 aromatic carbocycles. The van der Waals surface area contributed by atoms with Crippen LogP contribution in [0.5, 0.6) is 0 Å². The second kappa shape index (κ2) is 9.12. The Kier molecular flexibility index (Phi) is 5.97. The third-order valence-corrected chi connectivity index (χ3v) is 11.4. The van der Waals surface area contributed by atoms with Gasteiger partial charge in [0.15, 0.2) is 0 Å². The van der Waals surface area contributed by atoms with Crippen LogP contribution in [0.3, 0.4) is 0 Å². The van der Waals surface area contributed by atoms with E-state index in [2.05, 4.69) is 154 Å². The van der Waals surface area contributed by atoms with Crippen LogP contribution in [0.1, 0.15) is 107 Å². The van der Waals surface area contributed by atoms with Crippen molar-refractivity contribution in [2.45, 2.75) is 117 Å². The molecule has 8 rings (SSSR count). The van der Waals surface area contributed by atoms with Crippen molar-refractivity contribution in [1.29, 1.82) is 0 Å². The highest BCUT2D eigenvalue weighted by Gasteiger charge is 2.52. The fraction of sp³-hybridized carbons (Fsp3) is 0.429. The number of nitrogens with zero attached hydrogens (tertiary/aromatic N) is 1. The van der Waals surface area contributed by atoms with Crippen LogP contribution in [0, 0.1) is 0 Å². The first-order valence-electron chi connectivity index (χ1n) is 17.3. The van der Waals surface area contributed by atoms with Gasteiger partial charge in [-0.3, -0.25) is 0 Å². The van der Waals surface area contributed by atoms with Crippen LogP contribution in [-0.2, 0) is 25.6 Å². The number of benzene rings is 4. The molecule has 5 heteroatoms. The van der Waals surface area contributed by atoms with Gasteiger partial charge >= 0.3 is 7.12 Å². The first kappa shape index (κ1) is 30.8. The standard InChI is InChI=1S/C42H49BN2O2/c1-38(2,3)23-14-15-34-27(16-23)30-18-24(39(4,5)6)19-31-28-21-33-26(22-35(28)45(34)37(30)31)29-17-25(40(7,8)9)20-32(36(29)44-33)43-46-41(10,11)42(12,13)47-43/h14-22,44H,1-13H3. The molecule has 4 nitrogen and oxygen atoms in total. The van der Waals surface area contributed by atoms with Gasteiger partial charge in [-0.05, 0) is 103 Å². The number of nitrogens with one attached hydrogen (secondary N) is 1. The van der Waals surface area contributed by atoms with Gasteiger partial charge in [0, 0.05) is 48.8 Å². The summed E-state index contributed by atoms with van der Waals surface area (Å²) in [7, 11) is -0.454. The van der Waals surface area contributed by atoms with Crippen molar-refractivity contribution < 1.29 is 9.31 Å². The van der Waals surface area contributed by atoms with Crippen molar-refractivity contribution in [2.75, 3.05) is 0 Å². The Bertz CT molecular complexity index is 2400. The molecule has 1 aliphatic heterocycles. The summed E-state index contributed by atoms with van der Waals surface area (Å²) in [5.41, 5.74) is 10.4. The highest BCUT2D eigenvalue weighted by atomic mass is 16.7. The molecule has 47 heavy (non-hydrogen) atoms. The van der Waals surface area contributed by atoms with Crippen molar-refractivity contribution in [1.82, 2.24) is 9.38 Å². The van der Waals surface area contributed by atoms with E-state index < -0.39 is 18.3 Å². The van der Waals surface area contributed by atoms with E-state index >= 15 is 0 Å². The van der Waals surface area contributed by atoms with Crippen molar-refractivity contribution in [3.8, 4) is 0 Å². The first-order chi connectivity index (χ1) is 21.7. The highest BCUT2D eigenvalue weighted by Crippen LogP contribution is 2.45. The molecule has 0 atom stereocenters. The smallest absolute Gasteiger partial charge is 0.399 e. The van der Waals surface area contributed by atoms with Gasteiger partial charge in [-0.1, -0.05) is 74.4 Å². The van der Waals surface area contributed by atoms with Crippen molar-refractivity contribution >= 4 is 72.5 Å². The van der Waals surface area contributed by atoms with Crippen LogP contribution in [0.2, 0.25) is 0 Å². The zero-order chi connectivity index (χ0) is 33.8. The number of aromatic nitrogens is 2. The number of fused-ring (bicyclic) bond motifs is 9. The van der Waals surface area contributed by atoms with Crippen LogP contribution in [0.15, 0.2) is 54.6 Å². The molecule has 1 fully saturated rings. The van der Waals surface area contributed by atoms with E-state index in [0.29, 0.717) is 0 Å². The minimum atomic E-state index is -0.454. The maximum atomic E-state index is 6.66. The van der Waals surface area contributed by atoms with Gasteiger partial charge in [0.25, 0.3) is 0 Å².